The van der Waals surface area contributed by atoms with E-state index in [1.54, 1.807) is 12.1 Å². The third-order valence-electron chi connectivity index (χ3n) is 4.20. The SMILES string of the molecule is CC(CN1CCOCC1)CS(=O)(=O)c1ccc(OC/C(=C/F)CN)cc1. The molecule has 0 bridgehead atoms. The zero-order chi connectivity index (χ0) is 19.0. The maximum atomic E-state index is 12.6. The first-order valence-electron chi connectivity index (χ1n) is 8.68. The first kappa shape index (κ1) is 20.8. The smallest absolute Gasteiger partial charge is 0.178 e. The second-order valence-electron chi connectivity index (χ2n) is 6.53. The van der Waals surface area contributed by atoms with Gasteiger partial charge >= 0.3 is 0 Å². The van der Waals surface area contributed by atoms with Crippen LogP contribution in [0.5, 0.6) is 5.75 Å². The Hall–Kier alpha value is -1.48. The normalized spacial score (nSPS) is 17.9. The Morgan fingerprint density at radius 1 is 1.35 bits per heavy atom. The summed E-state index contributed by atoms with van der Waals surface area (Å²) in [6, 6.07) is 6.19. The molecule has 1 aromatic rings. The van der Waals surface area contributed by atoms with Crippen molar-refractivity contribution in [3.63, 3.8) is 0 Å². The van der Waals surface area contributed by atoms with Crippen molar-refractivity contribution in [2.45, 2.75) is 11.8 Å². The van der Waals surface area contributed by atoms with Crippen LogP contribution in [-0.2, 0) is 14.6 Å². The van der Waals surface area contributed by atoms with Crippen molar-refractivity contribution in [2.75, 3.05) is 51.8 Å². The number of rotatable bonds is 9. The van der Waals surface area contributed by atoms with E-state index in [1.165, 1.54) is 12.1 Å². The molecule has 1 aliphatic rings. The first-order valence-corrected chi connectivity index (χ1v) is 10.3. The third kappa shape index (κ3) is 6.35. The molecular weight excluding hydrogens is 359 g/mol. The quantitative estimate of drug-likeness (QED) is 0.695. The summed E-state index contributed by atoms with van der Waals surface area (Å²) in [6.07, 6.45) is 0.425. The van der Waals surface area contributed by atoms with Crippen molar-refractivity contribution < 1.29 is 22.3 Å². The van der Waals surface area contributed by atoms with Crippen LogP contribution >= 0.6 is 0 Å². The zero-order valence-corrected chi connectivity index (χ0v) is 15.9. The van der Waals surface area contributed by atoms with Crippen molar-refractivity contribution >= 4 is 9.84 Å². The largest absolute Gasteiger partial charge is 0.489 e. The summed E-state index contributed by atoms with van der Waals surface area (Å²) in [4.78, 5) is 2.49. The van der Waals surface area contributed by atoms with Gasteiger partial charge in [-0.1, -0.05) is 6.92 Å². The van der Waals surface area contributed by atoms with Gasteiger partial charge in [0.25, 0.3) is 0 Å². The molecule has 1 unspecified atom stereocenters. The van der Waals surface area contributed by atoms with Gasteiger partial charge in [0.15, 0.2) is 9.84 Å². The van der Waals surface area contributed by atoms with Gasteiger partial charge in [0, 0.05) is 31.8 Å². The van der Waals surface area contributed by atoms with E-state index in [0.717, 1.165) is 19.6 Å². The van der Waals surface area contributed by atoms with E-state index in [4.69, 9.17) is 15.2 Å². The van der Waals surface area contributed by atoms with Crippen LogP contribution < -0.4 is 10.5 Å². The lowest BCUT2D eigenvalue weighted by atomic mass is 10.2. The molecule has 1 saturated heterocycles. The van der Waals surface area contributed by atoms with E-state index in [0.29, 0.717) is 30.9 Å². The molecule has 0 aliphatic carbocycles. The standard InChI is InChI=1S/C18H27FN2O4S/c1-15(12-21-6-8-24-9-7-21)14-26(22,23)18-4-2-17(3-5-18)25-13-16(10-19)11-20/h2-5,10,15H,6-9,11-14,20H2,1H3/b16-10+. The minimum absolute atomic E-state index is 0.0239. The minimum atomic E-state index is -3.37. The number of morpholine rings is 1. The molecule has 1 heterocycles. The monoisotopic (exact) mass is 386 g/mol. The molecule has 26 heavy (non-hydrogen) atoms. The van der Waals surface area contributed by atoms with E-state index < -0.39 is 9.84 Å². The van der Waals surface area contributed by atoms with Gasteiger partial charge in [0.2, 0.25) is 0 Å². The number of benzene rings is 1. The molecule has 0 spiro atoms. The van der Waals surface area contributed by atoms with Crippen LogP contribution in [0.1, 0.15) is 6.92 Å². The van der Waals surface area contributed by atoms with Crippen LogP contribution in [0.4, 0.5) is 4.39 Å². The van der Waals surface area contributed by atoms with Gasteiger partial charge in [-0.15, -0.1) is 0 Å². The molecule has 2 N–H and O–H groups in total. The highest BCUT2D eigenvalue weighted by Gasteiger charge is 2.21. The Labute approximate surface area is 154 Å². The summed E-state index contributed by atoms with van der Waals surface area (Å²) < 4.78 is 48.4. The Morgan fingerprint density at radius 2 is 2.00 bits per heavy atom. The van der Waals surface area contributed by atoms with Crippen LogP contribution in [0.15, 0.2) is 41.1 Å². The van der Waals surface area contributed by atoms with Crippen LogP contribution in [0, 0.1) is 5.92 Å². The Bertz CT molecular complexity index is 686. The van der Waals surface area contributed by atoms with Gasteiger partial charge in [0.05, 0.1) is 30.2 Å². The number of ether oxygens (including phenoxy) is 2. The highest BCUT2D eigenvalue weighted by molar-refractivity contribution is 7.91. The lowest BCUT2D eigenvalue weighted by Gasteiger charge is -2.29. The molecule has 1 fully saturated rings. The lowest BCUT2D eigenvalue weighted by Crippen LogP contribution is -2.40. The summed E-state index contributed by atoms with van der Waals surface area (Å²) in [5.74, 6) is 0.584. The Balaban J connectivity index is 1.91. The highest BCUT2D eigenvalue weighted by atomic mass is 32.2. The zero-order valence-electron chi connectivity index (χ0n) is 15.1. The predicted octanol–water partition coefficient (Wildman–Crippen LogP) is 1.62. The van der Waals surface area contributed by atoms with E-state index in [9.17, 15) is 12.8 Å². The Morgan fingerprint density at radius 3 is 2.58 bits per heavy atom. The molecule has 0 aromatic heterocycles. The van der Waals surface area contributed by atoms with Crippen molar-refractivity contribution in [3.05, 3.63) is 36.2 Å². The molecule has 6 nitrogen and oxygen atoms in total. The summed E-state index contributed by atoms with van der Waals surface area (Å²) in [5.41, 5.74) is 5.70. The predicted molar refractivity (Wildman–Crippen MR) is 98.7 cm³/mol. The number of sulfone groups is 1. The second-order valence-corrected chi connectivity index (χ2v) is 8.57. The molecule has 8 heteroatoms. The molecule has 146 valence electrons. The average Bonchev–Trinajstić information content (AvgIpc) is 2.63. The summed E-state index contributed by atoms with van der Waals surface area (Å²) >= 11 is 0. The molecule has 1 aromatic carbocycles. The number of halogens is 1. The van der Waals surface area contributed by atoms with Crippen molar-refractivity contribution in [3.8, 4) is 5.75 Å². The fraction of sp³-hybridized carbons (Fsp3) is 0.556. The van der Waals surface area contributed by atoms with Crippen LogP contribution in [0.2, 0.25) is 0 Å². The van der Waals surface area contributed by atoms with E-state index in [2.05, 4.69) is 4.90 Å². The number of nitrogens with zero attached hydrogens (tertiary/aromatic N) is 1. The lowest BCUT2D eigenvalue weighted by molar-refractivity contribution is 0.0330. The highest BCUT2D eigenvalue weighted by Crippen LogP contribution is 2.20. The fourth-order valence-electron chi connectivity index (χ4n) is 2.80. The number of hydrogen-bond acceptors (Lipinski definition) is 6. The molecule has 0 saturated carbocycles. The van der Waals surface area contributed by atoms with Crippen LogP contribution in [0.3, 0.4) is 0 Å². The summed E-state index contributed by atoms with van der Waals surface area (Å²) in [5, 5.41) is 0. The third-order valence-corrected chi connectivity index (χ3v) is 6.20. The molecule has 2 rings (SSSR count). The average molecular weight is 386 g/mol. The maximum Gasteiger partial charge on any atom is 0.178 e. The molecule has 0 amide bonds. The molecular formula is C18H27FN2O4S. The van der Waals surface area contributed by atoms with Gasteiger partial charge < -0.3 is 15.2 Å². The van der Waals surface area contributed by atoms with Gasteiger partial charge in [0.1, 0.15) is 12.4 Å². The van der Waals surface area contributed by atoms with Gasteiger partial charge in [-0.25, -0.2) is 12.8 Å². The van der Waals surface area contributed by atoms with Crippen LogP contribution in [-0.4, -0.2) is 65.1 Å². The van der Waals surface area contributed by atoms with Gasteiger partial charge in [-0.3, -0.25) is 4.90 Å². The van der Waals surface area contributed by atoms with E-state index >= 15 is 0 Å². The fourth-order valence-corrected chi connectivity index (χ4v) is 4.40. The van der Waals surface area contributed by atoms with Crippen LogP contribution in [0.25, 0.3) is 0 Å². The summed E-state index contributed by atoms with van der Waals surface area (Å²) in [7, 11) is -3.37. The minimum Gasteiger partial charge on any atom is -0.489 e. The van der Waals surface area contributed by atoms with Crippen molar-refractivity contribution in [2.24, 2.45) is 11.7 Å². The van der Waals surface area contributed by atoms with Gasteiger partial charge in [-0.05, 0) is 30.2 Å². The van der Waals surface area contributed by atoms with Gasteiger partial charge in [-0.2, -0.15) is 0 Å². The number of nitrogens with two attached hydrogens (primary N) is 1. The number of hydrogen-bond donors (Lipinski definition) is 1. The van der Waals surface area contributed by atoms with E-state index in [1.807, 2.05) is 6.92 Å². The van der Waals surface area contributed by atoms with Crippen molar-refractivity contribution in [1.82, 2.24) is 4.90 Å². The topological polar surface area (TPSA) is 81.9 Å². The summed E-state index contributed by atoms with van der Waals surface area (Å²) in [6.45, 7) is 5.88. The molecule has 0 radical (unpaired) electrons. The first-order chi connectivity index (χ1) is 12.4. The second kappa shape index (κ2) is 10.0. The Kier molecular flexibility index (Phi) is 8.02. The molecule has 1 aliphatic heterocycles. The van der Waals surface area contributed by atoms with Crippen molar-refractivity contribution in [1.29, 1.82) is 0 Å². The maximum absolute atomic E-state index is 12.6. The molecule has 1 atom stereocenters. The van der Waals surface area contributed by atoms with E-state index in [-0.39, 0.29) is 29.7 Å².